The van der Waals surface area contributed by atoms with Gasteiger partial charge in [-0.1, -0.05) is 6.07 Å². The minimum absolute atomic E-state index is 1.02. The molecule has 0 atom stereocenters. The lowest BCUT2D eigenvalue weighted by Gasteiger charge is -2.28. The number of pyridine rings is 1. The Morgan fingerprint density at radius 3 is 2.93 bits per heavy atom. The quantitative estimate of drug-likeness (QED) is 0.740. The zero-order chi connectivity index (χ0) is 10.1. The maximum absolute atomic E-state index is 4.39. The average molecular weight is 202 g/mol. The molecule has 15 heavy (non-hydrogen) atoms. The van der Waals surface area contributed by atoms with Gasteiger partial charge in [-0.05, 0) is 12.1 Å². The fourth-order valence-corrected chi connectivity index (χ4v) is 2.05. The lowest BCUT2D eigenvalue weighted by Crippen LogP contribution is -2.44. The van der Waals surface area contributed by atoms with Gasteiger partial charge in [0.25, 0.3) is 0 Å². The highest BCUT2D eigenvalue weighted by Gasteiger charge is 2.13. The first-order chi connectivity index (χ1) is 7.45. The summed E-state index contributed by atoms with van der Waals surface area (Å²) >= 11 is 0. The van der Waals surface area contributed by atoms with Crippen LogP contribution in [0, 0.1) is 0 Å². The summed E-state index contributed by atoms with van der Waals surface area (Å²) in [6.45, 7) is 4.23. The van der Waals surface area contributed by atoms with Crippen LogP contribution in [-0.4, -0.2) is 35.6 Å². The van der Waals surface area contributed by atoms with E-state index in [4.69, 9.17) is 0 Å². The van der Waals surface area contributed by atoms with E-state index < -0.39 is 0 Å². The highest BCUT2D eigenvalue weighted by Crippen LogP contribution is 2.16. The van der Waals surface area contributed by atoms with Gasteiger partial charge in [-0.3, -0.25) is 4.40 Å². The molecule has 0 unspecified atom stereocenters. The van der Waals surface area contributed by atoms with Gasteiger partial charge in [0.15, 0.2) is 0 Å². The monoisotopic (exact) mass is 202 g/mol. The zero-order valence-electron chi connectivity index (χ0n) is 8.56. The van der Waals surface area contributed by atoms with Gasteiger partial charge < -0.3 is 10.2 Å². The van der Waals surface area contributed by atoms with Crippen LogP contribution in [0.1, 0.15) is 0 Å². The van der Waals surface area contributed by atoms with Gasteiger partial charge in [0, 0.05) is 32.4 Å². The summed E-state index contributed by atoms with van der Waals surface area (Å²) in [5.41, 5.74) is 1.02. The van der Waals surface area contributed by atoms with Crippen molar-refractivity contribution in [2.24, 2.45) is 0 Å². The molecule has 0 radical (unpaired) electrons. The molecule has 2 aromatic rings. The molecular formula is C11H14N4. The van der Waals surface area contributed by atoms with Gasteiger partial charge >= 0.3 is 0 Å². The Morgan fingerprint density at radius 1 is 1.20 bits per heavy atom. The van der Waals surface area contributed by atoms with Crippen LogP contribution in [0.5, 0.6) is 0 Å². The minimum Gasteiger partial charge on any atom is -0.354 e. The van der Waals surface area contributed by atoms with E-state index in [0.717, 1.165) is 31.8 Å². The van der Waals surface area contributed by atoms with Crippen molar-refractivity contribution in [3.63, 3.8) is 0 Å². The van der Waals surface area contributed by atoms with Crippen LogP contribution in [0.15, 0.2) is 30.6 Å². The number of piperazine rings is 1. The number of nitrogens with zero attached hydrogens (tertiary/aromatic N) is 3. The number of anilines is 1. The van der Waals surface area contributed by atoms with Crippen molar-refractivity contribution in [2.75, 3.05) is 31.1 Å². The molecule has 0 amide bonds. The van der Waals surface area contributed by atoms with Crippen molar-refractivity contribution in [3.8, 4) is 0 Å². The maximum atomic E-state index is 4.39. The molecule has 0 aliphatic carbocycles. The van der Waals surface area contributed by atoms with E-state index in [9.17, 15) is 0 Å². The van der Waals surface area contributed by atoms with E-state index in [1.807, 2.05) is 24.4 Å². The van der Waals surface area contributed by atoms with Crippen LogP contribution >= 0.6 is 0 Å². The van der Waals surface area contributed by atoms with Crippen LogP contribution in [-0.2, 0) is 0 Å². The summed E-state index contributed by atoms with van der Waals surface area (Å²) in [7, 11) is 0. The van der Waals surface area contributed by atoms with E-state index in [2.05, 4.69) is 25.8 Å². The minimum atomic E-state index is 1.02. The molecule has 1 aliphatic rings. The molecule has 4 nitrogen and oxygen atoms in total. The number of hydrogen-bond acceptors (Lipinski definition) is 3. The van der Waals surface area contributed by atoms with Gasteiger partial charge in [-0.25, -0.2) is 4.98 Å². The second-order valence-corrected chi connectivity index (χ2v) is 3.78. The van der Waals surface area contributed by atoms with Gasteiger partial charge in [-0.15, -0.1) is 0 Å². The number of hydrogen-bond donors (Lipinski definition) is 1. The molecule has 3 rings (SSSR count). The molecule has 4 heteroatoms. The molecule has 2 aromatic heterocycles. The van der Waals surface area contributed by atoms with Crippen molar-refractivity contribution in [1.29, 1.82) is 0 Å². The van der Waals surface area contributed by atoms with E-state index >= 15 is 0 Å². The molecule has 0 bridgehead atoms. The standard InChI is InChI=1S/C11H14N4/c1-2-6-15-10(3-1)13-9-11(15)14-7-4-12-5-8-14/h1-3,6,9,12H,4-5,7-8H2. The second-order valence-electron chi connectivity index (χ2n) is 3.78. The first kappa shape index (κ1) is 8.73. The topological polar surface area (TPSA) is 32.6 Å². The summed E-state index contributed by atoms with van der Waals surface area (Å²) in [4.78, 5) is 6.77. The van der Waals surface area contributed by atoms with Crippen LogP contribution in [0.2, 0.25) is 0 Å². The molecule has 78 valence electrons. The molecule has 1 fully saturated rings. The molecular weight excluding hydrogens is 188 g/mol. The number of nitrogens with one attached hydrogen (secondary N) is 1. The van der Waals surface area contributed by atoms with Crippen LogP contribution < -0.4 is 10.2 Å². The summed E-state index contributed by atoms with van der Waals surface area (Å²) in [6, 6.07) is 6.09. The fraction of sp³-hybridized carbons (Fsp3) is 0.364. The van der Waals surface area contributed by atoms with Crippen molar-refractivity contribution in [2.45, 2.75) is 0 Å². The highest BCUT2D eigenvalue weighted by molar-refractivity contribution is 5.51. The van der Waals surface area contributed by atoms with E-state index in [1.54, 1.807) is 0 Å². The van der Waals surface area contributed by atoms with Crippen LogP contribution in [0.25, 0.3) is 5.65 Å². The smallest absolute Gasteiger partial charge is 0.138 e. The molecule has 1 saturated heterocycles. The largest absolute Gasteiger partial charge is 0.354 e. The number of aromatic nitrogens is 2. The Hall–Kier alpha value is -1.55. The first-order valence-electron chi connectivity index (χ1n) is 5.33. The Kier molecular flexibility index (Phi) is 2.07. The van der Waals surface area contributed by atoms with E-state index in [-0.39, 0.29) is 0 Å². The zero-order valence-corrected chi connectivity index (χ0v) is 8.56. The molecule has 0 spiro atoms. The Bertz CT molecular complexity index is 456. The molecule has 0 aromatic carbocycles. The maximum Gasteiger partial charge on any atom is 0.138 e. The number of fused-ring (bicyclic) bond motifs is 1. The van der Waals surface area contributed by atoms with E-state index in [0.29, 0.717) is 0 Å². The Morgan fingerprint density at radius 2 is 2.07 bits per heavy atom. The molecule has 0 saturated carbocycles. The normalized spacial score (nSPS) is 17.2. The van der Waals surface area contributed by atoms with Gasteiger partial charge in [0.05, 0.1) is 6.20 Å². The summed E-state index contributed by atoms with van der Waals surface area (Å²) in [6.07, 6.45) is 4.03. The van der Waals surface area contributed by atoms with Crippen molar-refractivity contribution in [3.05, 3.63) is 30.6 Å². The van der Waals surface area contributed by atoms with Crippen LogP contribution in [0.3, 0.4) is 0 Å². The van der Waals surface area contributed by atoms with Crippen molar-refractivity contribution >= 4 is 11.5 Å². The molecule has 1 N–H and O–H groups in total. The second kappa shape index (κ2) is 3.55. The lowest BCUT2D eigenvalue weighted by molar-refractivity contribution is 0.584. The third-order valence-electron chi connectivity index (χ3n) is 2.84. The van der Waals surface area contributed by atoms with Crippen LogP contribution in [0.4, 0.5) is 5.82 Å². The van der Waals surface area contributed by atoms with Gasteiger partial charge in [0.1, 0.15) is 11.5 Å². The lowest BCUT2D eigenvalue weighted by atomic mass is 10.3. The number of imidazole rings is 1. The molecule has 3 heterocycles. The van der Waals surface area contributed by atoms with Gasteiger partial charge in [0.2, 0.25) is 0 Å². The predicted molar refractivity (Wildman–Crippen MR) is 60.3 cm³/mol. The summed E-state index contributed by atoms with van der Waals surface area (Å²) in [5.74, 6) is 1.20. The summed E-state index contributed by atoms with van der Waals surface area (Å²) in [5, 5.41) is 3.35. The van der Waals surface area contributed by atoms with E-state index in [1.165, 1.54) is 5.82 Å². The average Bonchev–Trinajstić information content (AvgIpc) is 2.74. The predicted octanol–water partition coefficient (Wildman–Crippen LogP) is 0.744. The SMILES string of the molecule is c1ccn2c(N3CCNCC3)cnc2c1. The van der Waals surface area contributed by atoms with Crippen molar-refractivity contribution in [1.82, 2.24) is 14.7 Å². The molecule has 1 aliphatic heterocycles. The Labute approximate surface area is 88.5 Å². The van der Waals surface area contributed by atoms with Gasteiger partial charge in [-0.2, -0.15) is 0 Å². The number of rotatable bonds is 1. The fourth-order valence-electron chi connectivity index (χ4n) is 2.05. The first-order valence-corrected chi connectivity index (χ1v) is 5.33. The highest BCUT2D eigenvalue weighted by atomic mass is 15.3. The third kappa shape index (κ3) is 1.47. The van der Waals surface area contributed by atoms with Crippen molar-refractivity contribution < 1.29 is 0 Å². The Balaban J connectivity index is 2.02. The summed E-state index contributed by atoms with van der Waals surface area (Å²) < 4.78 is 2.14. The third-order valence-corrected chi connectivity index (χ3v) is 2.84.